The van der Waals surface area contributed by atoms with Crippen LogP contribution in [-0.4, -0.2) is 47.0 Å². The highest BCUT2D eigenvalue weighted by Gasteiger charge is 2.47. The lowest BCUT2D eigenvalue weighted by Gasteiger charge is -2.51. The molecule has 7 heteroatoms. The molecule has 6 nitrogen and oxygen atoms in total. The summed E-state index contributed by atoms with van der Waals surface area (Å²) in [6.07, 6.45) is 7.58. The van der Waals surface area contributed by atoms with Crippen LogP contribution in [0.5, 0.6) is 5.88 Å². The SMILES string of the molecule is NC12CCC(CCc3c(F)cnc4ccc(OCC5CCO5)nc34)(CC1)OC2. The fourth-order valence-corrected chi connectivity index (χ4v) is 4.45. The van der Waals surface area contributed by atoms with Crippen molar-refractivity contribution < 1.29 is 18.6 Å². The zero-order valence-corrected chi connectivity index (χ0v) is 16.0. The van der Waals surface area contributed by atoms with E-state index in [4.69, 9.17) is 19.9 Å². The Hall–Kier alpha value is -1.83. The maximum absolute atomic E-state index is 14.7. The highest BCUT2D eigenvalue weighted by atomic mass is 19.1. The predicted octanol–water partition coefficient (Wildman–Crippen LogP) is 2.91. The van der Waals surface area contributed by atoms with Gasteiger partial charge in [-0.05, 0) is 44.6 Å². The summed E-state index contributed by atoms with van der Waals surface area (Å²) in [5.41, 5.74) is 7.81. The number of halogens is 1. The molecule has 3 saturated heterocycles. The van der Waals surface area contributed by atoms with Crippen molar-refractivity contribution in [1.29, 1.82) is 0 Å². The number of aryl methyl sites for hydroxylation is 1. The Morgan fingerprint density at radius 2 is 2.07 bits per heavy atom. The maximum atomic E-state index is 14.7. The van der Waals surface area contributed by atoms with Crippen LogP contribution in [0.2, 0.25) is 0 Å². The molecule has 0 spiro atoms. The first-order valence-electron chi connectivity index (χ1n) is 10.2. The Morgan fingerprint density at radius 3 is 2.75 bits per heavy atom. The van der Waals surface area contributed by atoms with Crippen molar-refractivity contribution in [2.75, 3.05) is 19.8 Å². The summed E-state index contributed by atoms with van der Waals surface area (Å²) in [5, 5.41) is 0. The van der Waals surface area contributed by atoms with Gasteiger partial charge in [0.1, 0.15) is 12.4 Å². The number of ether oxygens (including phenoxy) is 3. The molecule has 2 N–H and O–H groups in total. The Labute approximate surface area is 163 Å². The molecule has 0 aromatic carbocycles. The second kappa shape index (κ2) is 6.90. The number of nitrogens with zero attached hydrogens (tertiary/aromatic N) is 2. The first-order chi connectivity index (χ1) is 13.5. The van der Waals surface area contributed by atoms with Crippen LogP contribution in [0.15, 0.2) is 18.3 Å². The third-order valence-electron chi connectivity index (χ3n) is 6.60. The molecule has 1 aliphatic carbocycles. The van der Waals surface area contributed by atoms with E-state index >= 15 is 0 Å². The fraction of sp³-hybridized carbons (Fsp3) is 0.619. The van der Waals surface area contributed by atoms with Crippen molar-refractivity contribution in [3.63, 3.8) is 0 Å². The molecule has 150 valence electrons. The highest BCUT2D eigenvalue weighted by molar-refractivity contribution is 5.78. The number of pyridine rings is 2. The van der Waals surface area contributed by atoms with Gasteiger partial charge in [-0.1, -0.05) is 0 Å². The number of hydrogen-bond acceptors (Lipinski definition) is 6. The van der Waals surface area contributed by atoms with Gasteiger partial charge in [0, 0.05) is 30.2 Å². The second-order valence-electron chi connectivity index (χ2n) is 8.53. The predicted molar refractivity (Wildman–Crippen MR) is 102 cm³/mol. The second-order valence-corrected chi connectivity index (χ2v) is 8.53. The van der Waals surface area contributed by atoms with Crippen molar-refractivity contribution >= 4 is 11.0 Å². The van der Waals surface area contributed by atoms with Gasteiger partial charge in [0.05, 0.1) is 35.5 Å². The molecule has 28 heavy (non-hydrogen) atoms. The van der Waals surface area contributed by atoms with E-state index < -0.39 is 0 Å². The van der Waals surface area contributed by atoms with Crippen LogP contribution < -0.4 is 10.5 Å². The van der Waals surface area contributed by atoms with E-state index in [1.807, 2.05) is 6.07 Å². The van der Waals surface area contributed by atoms with Crippen molar-refractivity contribution in [3.8, 4) is 5.88 Å². The molecule has 6 rings (SSSR count). The number of aromatic nitrogens is 2. The molecular formula is C21H26FN3O3. The van der Waals surface area contributed by atoms with E-state index in [1.54, 1.807) is 6.07 Å². The minimum Gasteiger partial charge on any atom is -0.475 e. The summed E-state index contributed by atoms with van der Waals surface area (Å²) in [6, 6.07) is 3.61. The lowest BCUT2D eigenvalue weighted by molar-refractivity contribution is -0.156. The molecular weight excluding hydrogens is 361 g/mol. The molecule has 4 aliphatic rings. The minimum absolute atomic E-state index is 0.131. The number of hydrogen-bond donors (Lipinski definition) is 1. The van der Waals surface area contributed by atoms with Crippen LogP contribution in [0.3, 0.4) is 0 Å². The monoisotopic (exact) mass is 387 g/mol. The molecule has 0 radical (unpaired) electrons. The van der Waals surface area contributed by atoms with E-state index in [2.05, 4.69) is 9.97 Å². The minimum atomic E-state index is -0.323. The van der Waals surface area contributed by atoms with Gasteiger partial charge in [-0.15, -0.1) is 0 Å². The van der Waals surface area contributed by atoms with E-state index in [-0.39, 0.29) is 23.1 Å². The third kappa shape index (κ3) is 3.36. The standard InChI is InChI=1S/C21H26FN3O3/c22-16-11-24-17-1-2-18(27-12-14-4-10-26-14)25-19(17)15(16)3-5-21-8-6-20(23,7-9-21)13-28-21/h1-2,11,14H,3-10,12-13,23H2. The molecule has 2 bridgehead atoms. The zero-order chi connectivity index (χ0) is 19.2. The average molecular weight is 387 g/mol. The Kier molecular flexibility index (Phi) is 4.49. The van der Waals surface area contributed by atoms with Crippen LogP contribution in [0.25, 0.3) is 11.0 Å². The van der Waals surface area contributed by atoms with Crippen LogP contribution in [0.1, 0.15) is 44.1 Å². The molecule has 4 fully saturated rings. The lowest BCUT2D eigenvalue weighted by Crippen LogP contribution is -2.59. The highest BCUT2D eigenvalue weighted by Crippen LogP contribution is 2.45. The first-order valence-corrected chi connectivity index (χ1v) is 10.2. The van der Waals surface area contributed by atoms with Gasteiger partial charge >= 0.3 is 0 Å². The van der Waals surface area contributed by atoms with E-state index in [0.29, 0.717) is 42.1 Å². The van der Waals surface area contributed by atoms with Gasteiger partial charge < -0.3 is 19.9 Å². The summed E-state index contributed by atoms with van der Waals surface area (Å²) >= 11 is 0. The fourth-order valence-electron chi connectivity index (χ4n) is 4.45. The quantitative estimate of drug-likeness (QED) is 0.821. The van der Waals surface area contributed by atoms with Crippen LogP contribution in [0.4, 0.5) is 4.39 Å². The number of fused-ring (bicyclic) bond motifs is 4. The van der Waals surface area contributed by atoms with Gasteiger partial charge in [-0.25, -0.2) is 9.37 Å². The molecule has 5 heterocycles. The number of nitrogens with two attached hydrogens (primary N) is 1. The van der Waals surface area contributed by atoms with Crippen molar-refractivity contribution in [3.05, 3.63) is 29.7 Å². The molecule has 2 aromatic rings. The van der Waals surface area contributed by atoms with Crippen LogP contribution in [-0.2, 0) is 15.9 Å². The molecule has 2 aromatic heterocycles. The lowest BCUT2D eigenvalue weighted by atomic mass is 9.70. The first kappa shape index (κ1) is 18.2. The van der Waals surface area contributed by atoms with E-state index in [0.717, 1.165) is 45.1 Å². The molecule has 3 aliphatic heterocycles. The summed E-state index contributed by atoms with van der Waals surface area (Å²) < 4.78 is 31.9. The zero-order valence-electron chi connectivity index (χ0n) is 16.0. The molecule has 0 amide bonds. The Bertz CT molecular complexity index is 862. The average Bonchev–Trinajstić information content (AvgIpc) is 2.67. The van der Waals surface area contributed by atoms with Gasteiger partial charge in [0.2, 0.25) is 5.88 Å². The van der Waals surface area contributed by atoms with Gasteiger partial charge in [0.25, 0.3) is 0 Å². The van der Waals surface area contributed by atoms with Crippen molar-refractivity contribution in [2.24, 2.45) is 5.73 Å². The van der Waals surface area contributed by atoms with E-state index in [1.165, 1.54) is 6.20 Å². The van der Waals surface area contributed by atoms with Crippen LogP contribution >= 0.6 is 0 Å². The Morgan fingerprint density at radius 1 is 1.25 bits per heavy atom. The summed E-state index contributed by atoms with van der Waals surface area (Å²) in [7, 11) is 0. The topological polar surface area (TPSA) is 79.5 Å². The Balaban J connectivity index is 1.36. The van der Waals surface area contributed by atoms with E-state index in [9.17, 15) is 4.39 Å². The van der Waals surface area contributed by atoms with Crippen molar-refractivity contribution in [2.45, 2.75) is 62.2 Å². The maximum Gasteiger partial charge on any atom is 0.214 e. The summed E-state index contributed by atoms with van der Waals surface area (Å²) in [5.74, 6) is 0.157. The van der Waals surface area contributed by atoms with Crippen molar-refractivity contribution in [1.82, 2.24) is 9.97 Å². The molecule has 1 saturated carbocycles. The van der Waals surface area contributed by atoms with Gasteiger partial charge in [0.15, 0.2) is 0 Å². The smallest absolute Gasteiger partial charge is 0.214 e. The van der Waals surface area contributed by atoms with Crippen LogP contribution in [0, 0.1) is 5.82 Å². The third-order valence-corrected chi connectivity index (χ3v) is 6.60. The summed E-state index contributed by atoms with van der Waals surface area (Å²) in [6.45, 7) is 1.86. The number of rotatable bonds is 6. The van der Waals surface area contributed by atoms with Gasteiger partial charge in [-0.2, -0.15) is 0 Å². The van der Waals surface area contributed by atoms with Gasteiger partial charge in [-0.3, -0.25) is 4.98 Å². The largest absolute Gasteiger partial charge is 0.475 e. The summed E-state index contributed by atoms with van der Waals surface area (Å²) in [4.78, 5) is 8.75. The molecule has 1 unspecified atom stereocenters. The molecule has 1 atom stereocenters. The normalized spacial score (nSPS) is 31.7.